The second-order valence-corrected chi connectivity index (χ2v) is 2.58. The molecule has 0 radical (unpaired) electrons. The molecule has 4 N–H and O–H groups in total. The van der Waals surface area contributed by atoms with Gasteiger partial charge < -0.3 is 11.5 Å². The van der Waals surface area contributed by atoms with Crippen LogP contribution in [0.15, 0.2) is 41.4 Å². The van der Waals surface area contributed by atoms with Gasteiger partial charge in [0.15, 0.2) is 5.96 Å². The summed E-state index contributed by atoms with van der Waals surface area (Å²) in [6.07, 6.45) is 3.89. The molecule has 0 aliphatic heterocycles. The molecule has 0 amide bonds. The van der Waals surface area contributed by atoms with E-state index in [9.17, 15) is 0 Å². The number of aliphatic imine (C=N–C) groups is 1. The van der Waals surface area contributed by atoms with Gasteiger partial charge in [0.25, 0.3) is 0 Å². The first-order valence-electron chi connectivity index (χ1n) is 4.06. The Morgan fingerprint density at radius 3 is 2.54 bits per heavy atom. The zero-order valence-corrected chi connectivity index (χ0v) is 7.35. The normalized spacial score (nSPS) is 10.2. The van der Waals surface area contributed by atoms with Gasteiger partial charge in [-0.05, 0) is 5.56 Å². The number of guanidine groups is 1. The van der Waals surface area contributed by atoms with Gasteiger partial charge in [-0.2, -0.15) is 0 Å². The second-order valence-electron chi connectivity index (χ2n) is 2.58. The molecule has 0 aliphatic rings. The molecule has 68 valence electrons. The third kappa shape index (κ3) is 3.96. The Balaban J connectivity index is 2.46. The van der Waals surface area contributed by atoms with Crippen molar-refractivity contribution in [3.8, 4) is 0 Å². The molecule has 0 bridgehead atoms. The minimum absolute atomic E-state index is 0.123. The van der Waals surface area contributed by atoms with Gasteiger partial charge in [0.1, 0.15) is 0 Å². The molecule has 3 nitrogen and oxygen atoms in total. The summed E-state index contributed by atoms with van der Waals surface area (Å²) in [5, 5.41) is 0. The molecule has 0 aromatic heterocycles. The molecular formula is C10H13N3. The number of hydrogen-bond acceptors (Lipinski definition) is 1. The highest BCUT2D eigenvalue weighted by atomic mass is 15.0. The summed E-state index contributed by atoms with van der Waals surface area (Å²) in [6, 6.07) is 9.99. The highest BCUT2D eigenvalue weighted by molar-refractivity contribution is 5.75. The molecular weight excluding hydrogens is 162 g/mol. The SMILES string of the molecule is NC(N)=NC/C=C\c1ccccc1. The molecule has 0 heterocycles. The van der Waals surface area contributed by atoms with Crippen LogP contribution in [0.1, 0.15) is 5.56 Å². The first-order valence-corrected chi connectivity index (χ1v) is 4.06. The van der Waals surface area contributed by atoms with E-state index >= 15 is 0 Å². The standard InChI is InChI=1S/C10H13N3/c11-10(12)13-8-4-7-9-5-2-1-3-6-9/h1-7H,8H2,(H4,11,12,13)/b7-4-. The lowest BCUT2D eigenvalue weighted by atomic mass is 10.2. The molecule has 1 aromatic rings. The summed E-state index contributed by atoms with van der Waals surface area (Å²) in [5.74, 6) is 0.123. The molecule has 0 spiro atoms. The van der Waals surface area contributed by atoms with Crippen molar-refractivity contribution < 1.29 is 0 Å². The fourth-order valence-electron chi connectivity index (χ4n) is 0.911. The first-order chi connectivity index (χ1) is 6.29. The highest BCUT2D eigenvalue weighted by Crippen LogP contribution is 2.00. The fourth-order valence-corrected chi connectivity index (χ4v) is 0.911. The molecule has 13 heavy (non-hydrogen) atoms. The maximum Gasteiger partial charge on any atom is 0.186 e. The Bertz CT molecular complexity index is 297. The van der Waals surface area contributed by atoms with Crippen molar-refractivity contribution >= 4 is 12.0 Å². The van der Waals surface area contributed by atoms with E-state index in [4.69, 9.17) is 11.5 Å². The third-order valence-electron chi connectivity index (χ3n) is 1.49. The zero-order valence-electron chi connectivity index (χ0n) is 7.35. The van der Waals surface area contributed by atoms with Gasteiger partial charge in [-0.1, -0.05) is 42.5 Å². The monoisotopic (exact) mass is 175 g/mol. The van der Waals surface area contributed by atoms with Crippen molar-refractivity contribution in [3.05, 3.63) is 42.0 Å². The summed E-state index contributed by atoms with van der Waals surface area (Å²) in [5.41, 5.74) is 11.5. The molecule has 0 aliphatic carbocycles. The van der Waals surface area contributed by atoms with E-state index in [1.807, 2.05) is 42.5 Å². The first kappa shape index (κ1) is 9.32. The van der Waals surface area contributed by atoms with Crippen molar-refractivity contribution in [1.29, 1.82) is 0 Å². The Labute approximate surface area is 77.8 Å². The van der Waals surface area contributed by atoms with Crippen molar-refractivity contribution in [2.24, 2.45) is 16.5 Å². The Morgan fingerprint density at radius 2 is 1.92 bits per heavy atom. The van der Waals surface area contributed by atoms with Gasteiger partial charge in [-0.3, -0.25) is 0 Å². The molecule has 3 heteroatoms. The summed E-state index contributed by atoms with van der Waals surface area (Å²) in [4.78, 5) is 3.83. The average molecular weight is 175 g/mol. The molecule has 0 saturated carbocycles. The van der Waals surface area contributed by atoms with E-state index in [2.05, 4.69) is 4.99 Å². The number of benzene rings is 1. The third-order valence-corrected chi connectivity index (χ3v) is 1.49. The molecule has 0 saturated heterocycles. The number of rotatable bonds is 3. The van der Waals surface area contributed by atoms with Crippen LogP contribution in [-0.2, 0) is 0 Å². The Kier molecular flexibility index (Phi) is 3.57. The lowest BCUT2D eigenvalue weighted by Crippen LogP contribution is -2.22. The molecule has 1 rings (SSSR count). The lowest BCUT2D eigenvalue weighted by Gasteiger charge is -1.90. The zero-order chi connectivity index (χ0) is 9.52. The quantitative estimate of drug-likeness (QED) is 0.531. The number of nitrogens with two attached hydrogens (primary N) is 2. The van der Waals surface area contributed by atoms with Crippen LogP contribution in [0.25, 0.3) is 6.08 Å². The minimum Gasteiger partial charge on any atom is -0.370 e. The lowest BCUT2D eigenvalue weighted by molar-refractivity contribution is 1.22. The van der Waals surface area contributed by atoms with Gasteiger partial charge in [-0.25, -0.2) is 4.99 Å². The van der Waals surface area contributed by atoms with Crippen molar-refractivity contribution in [3.63, 3.8) is 0 Å². The van der Waals surface area contributed by atoms with E-state index < -0.39 is 0 Å². The summed E-state index contributed by atoms with van der Waals surface area (Å²) >= 11 is 0. The molecule has 0 atom stereocenters. The van der Waals surface area contributed by atoms with Gasteiger partial charge in [0.2, 0.25) is 0 Å². The topological polar surface area (TPSA) is 64.4 Å². The molecule has 0 fully saturated rings. The van der Waals surface area contributed by atoms with Crippen LogP contribution in [0, 0.1) is 0 Å². The van der Waals surface area contributed by atoms with Crippen molar-refractivity contribution in [2.75, 3.05) is 6.54 Å². The fraction of sp³-hybridized carbons (Fsp3) is 0.100. The Hall–Kier alpha value is -1.77. The Morgan fingerprint density at radius 1 is 1.23 bits per heavy atom. The van der Waals surface area contributed by atoms with Crippen LogP contribution in [0.5, 0.6) is 0 Å². The number of nitrogens with zero attached hydrogens (tertiary/aromatic N) is 1. The smallest absolute Gasteiger partial charge is 0.186 e. The molecule has 0 unspecified atom stereocenters. The van der Waals surface area contributed by atoms with Gasteiger partial charge in [0.05, 0.1) is 6.54 Å². The average Bonchev–Trinajstić information content (AvgIpc) is 2.14. The molecule has 1 aromatic carbocycles. The summed E-state index contributed by atoms with van der Waals surface area (Å²) in [7, 11) is 0. The number of hydrogen-bond donors (Lipinski definition) is 2. The van der Waals surface area contributed by atoms with Crippen LogP contribution < -0.4 is 11.5 Å². The summed E-state index contributed by atoms with van der Waals surface area (Å²) in [6.45, 7) is 0.525. The van der Waals surface area contributed by atoms with Crippen LogP contribution in [0.2, 0.25) is 0 Å². The summed E-state index contributed by atoms with van der Waals surface area (Å²) < 4.78 is 0. The minimum atomic E-state index is 0.123. The van der Waals surface area contributed by atoms with Gasteiger partial charge in [0, 0.05) is 0 Å². The predicted octanol–water partition coefficient (Wildman–Crippen LogP) is 0.973. The van der Waals surface area contributed by atoms with E-state index in [-0.39, 0.29) is 5.96 Å². The predicted molar refractivity (Wildman–Crippen MR) is 56.2 cm³/mol. The maximum atomic E-state index is 5.17. The second kappa shape index (κ2) is 4.98. The highest BCUT2D eigenvalue weighted by Gasteiger charge is 1.81. The van der Waals surface area contributed by atoms with Crippen molar-refractivity contribution in [1.82, 2.24) is 0 Å². The van der Waals surface area contributed by atoms with Crippen LogP contribution in [-0.4, -0.2) is 12.5 Å². The largest absolute Gasteiger partial charge is 0.370 e. The van der Waals surface area contributed by atoms with Gasteiger partial charge in [-0.15, -0.1) is 0 Å². The van der Waals surface area contributed by atoms with Crippen molar-refractivity contribution in [2.45, 2.75) is 0 Å². The van der Waals surface area contributed by atoms with Crippen LogP contribution in [0.4, 0.5) is 0 Å². The van der Waals surface area contributed by atoms with E-state index in [1.165, 1.54) is 0 Å². The van der Waals surface area contributed by atoms with E-state index in [1.54, 1.807) is 0 Å². The van der Waals surface area contributed by atoms with Gasteiger partial charge >= 0.3 is 0 Å². The van der Waals surface area contributed by atoms with Crippen LogP contribution in [0.3, 0.4) is 0 Å². The van der Waals surface area contributed by atoms with Crippen LogP contribution >= 0.6 is 0 Å². The maximum absolute atomic E-state index is 5.17. The van der Waals surface area contributed by atoms with E-state index in [0.717, 1.165) is 5.56 Å². The van der Waals surface area contributed by atoms with E-state index in [0.29, 0.717) is 6.54 Å².